The van der Waals surface area contributed by atoms with Gasteiger partial charge in [-0.05, 0) is 47.0 Å². The van der Waals surface area contributed by atoms with Crippen molar-refractivity contribution in [2.24, 2.45) is 0 Å². The Kier molecular flexibility index (Phi) is 1.89. The average Bonchev–Trinajstić information content (AvgIpc) is 3.00. The number of hydrogen-bond donors (Lipinski definition) is 1. The van der Waals surface area contributed by atoms with Crippen molar-refractivity contribution in [2.75, 3.05) is 10.2 Å². The molecule has 76 valence electrons. The first-order valence-electron chi connectivity index (χ1n) is 5.03. The van der Waals surface area contributed by atoms with Gasteiger partial charge in [-0.15, -0.1) is 0 Å². The van der Waals surface area contributed by atoms with Crippen LogP contribution in [0.3, 0.4) is 0 Å². The Bertz CT molecular complexity index is 448. The van der Waals surface area contributed by atoms with Crippen LogP contribution in [0.4, 0.5) is 11.4 Å². The van der Waals surface area contributed by atoms with Gasteiger partial charge >= 0.3 is 0 Å². The summed E-state index contributed by atoms with van der Waals surface area (Å²) in [6, 6.07) is 8.60. The molecule has 3 rings (SSSR count). The third-order valence-corrected chi connectivity index (χ3v) is 3.53. The maximum Gasteiger partial charge on any atom is 0.157 e. The number of halogens is 1. The van der Waals surface area contributed by atoms with E-state index in [9.17, 15) is 0 Å². The third kappa shape index (κ3) is 1.38. The number of fused-ring (bicyclic) bond motifs is 1. The molecule has 1 unspecified atom stereocenters. The second-order valence-corrected chi connectivity index (χ2v) is 4.83. The lowest BCUT2D eigenvalue weighted by Crippen LogP contribution is -2.32. The van der Waals surface area contributed by atoms with Gasteiger partial charge in [0.25, 0.3) is 0 Å². The summed E-state index contributed by atoms with van der Waals surface area (Å²) in [6.45, 7) is 0. The molecule has 15 heavy (non-hydrogen) atoms. The highest BCUT2D eigenvalue weighted by Crippen LogP contribution is 2.43. The lowest BCUT2D eigenvalue weighted by Gasteiger charge is -2.21. The molecule has 0 saturated heterocycles. The Balaban J connectivity index is 2.05. The molecule has 1 aliphatic heterocycles. The molecule has 1 N–H and O–H groups in total. The molecule has 0 radical (unpaired) electrons. The normalized spacial score (nSPS) is 23.2. The van der Waals surface area contributed by atoms with Crippen LogP contribution in [-0.2, 0) is 0 Å². The summed E-state index contributed by atoms with van der Waals surface area (Å²) in [6.07, 6.45) is 2.50. The van der Waals surface area contributed by atoms with Crippen molar-refractivity contribution >= 4 is 27.3 Å². The molecule has 0 spiro atoms. The van der Waals surface area contributed by atoms with E-state index >= 15 is 0 Å². The van der Waals surface area contributed by atoms with Gasteiger partial charge in [-0.2, -0.15) is 5.26 Å². The average molecular weight is 264 g/mol. The van der Waals surface area contributed by atoms with Gasteiger partial charge in [-0.25, -0.2) is 0 Å². The zero-order valence-electron chi connectivity index (χ0n) is 8.07. The van der Waals surface area contributed by atoms with E-state index in [1.165, 1.54) is 12.8 Å². The van der Waals surface area contributed by atoms with Crippen molar-refractivity contribution < 1.29 is 0 Å². The van der Waals surface area contributed by atoms with Crippen LogP contribution in [0.2, 0.25) is 0 Å². The summed E-state index contributed by atoms with van der Waals surface area (Å²) >= 11 is 3.60. The van der Waals surface area contributed by atoms with E-state index in [2.05, 4.69) is 32.2 Å². The molecule has 3 nitrogen and oxygen atoms in total. The van der Waals surface area contributed by atoms with E-state index < -0.39 is 0 Å². The third-order valence-electron chi connectivity index (χ3n) is 2.86. The number of nitrogens with zero attached hydrogens (tertiary/aromatic N) is 2. The maximum atomic E-state index is 8.87. The van der Waals surface area contributed by atoms with Crippen LogP contribution in [0.1, 0.15) is 18.4 Å². The second-order valence-electron chi connectivity index (χ2n) is 3.96. The number of benzene rings is 1. The van der Waals surface area contributed by atoms with Crippen molar-refractivity contribution in [2.45, 2.75) is 24.0 Å². The minimum absolute atomic E-state index is 0.175. The lowest BCUT2D eigenvalue weighted by molar-refractivity contribution is 0.838. The Morgan fingerprint density at radius 1 is 1.47 bits per heavy atom. The minimum Gasteiger partial charge on any atom is -0.355 e. The van der Waals surface area contributed by atoms with E-state index in [1.807, 2.05) is 18.2 Å². The zero-order valence-corrected chi connectivity index (χ0v) is 9.66. The maximum absolute atomic E-state index is 8.87. The molecule has 1 fully saturated rings. The topological polar surface area (TPSA) is 39.1 Å². The molecule has 1 atom stereocenters. The Morgan fingerprint density at radius 2 is 2.27 bits per heavy atom. The number of hydrogen-bond acceptors (Lipinski definition) is 3. The predicted molar refractivity (Wildman–Crippen MR) is 63.0 cm³/mol. The number of alkyl halides is 1. The quantitative estimate of drug-likeness (QED) is 0.626. The molecule has 2 aliphatic rings. The largest absolute Gasteiger partial charge is 0.355 e. The Hall–Kier alpha value is -1.21. The van der Waals surface area contributed by atoms with Crippen molar-refractivity contribution in [1.29, 1.82) is 5.26 Å². The van der Waals surface area contributed by atoms with Gasteiger partial charge in [0.1, 0.15) is 0 Å². The van der Waals surface area contributed by atoms with E-state index in [0.717, 1.165) is 16.9 Å². The first-order valence-corrected chi connectivity index (χ1v) is 5.94. The van der Waals surface area contributed by atoms with Gasteiger partial charge in [-0.3, -0.25) is 0 Å². The summed E-state index contributed by atoms with van der Waals surface area (Å²) in [4.78, 5) is 2.32. The van der Waals surface area contributed by atoms with Crippen LogP contribution in [0, 0.1) is 11.3 Å². The summed E-state index contributed by atoms with van der Waals surface area (Å²) in [5.41, 5.74) is 2.99. The lowest BCUT2D eigenvalue weighted by atomic mass is 10.2. The SMILES string of the molecule is N#Cc1ccc2c(c1)N(C1CC1)C(Br)N2. The van der Waals surface area contributed by atoms with Gasteiger partial charge in [-0.1, -0.05) is 0 Å². The van der Waals surface area contributed by atoms with E-state index in [-0.39, 0.29) is 5.08 Å². The highest BCUT2D eigenvalue weighted by Gasteiger charge is 2.38. The highest BCUT2D eigenvalue weighted by molar-refractivity contribution is 9.09. The molecule has 1 saturated carbocycles. The van der Waals surface area contributed by atoms with Crippen LogP contribution in [0.5, 0.6) is 0 Å². The second kappa shape index (κ2) is 3.14. The smallest absolute Gasteiger partial charge is 0.157 e. The number of nitrogens with one attached hydrogen (secondary N) is 1. The Morgan fingerprint density at radius 3 is 2.93 bits per heavy atom. The van der Waals surface area contributed by atoms with Crippen molar-refractivity contribution in [1.82, 2.24) is 0 Å². The van der Waals surface area contributed by atoms with E-state index in [1.54, 1.807) is 0 Å². The van der Waals surface area contributed by atoms with Crippen LogP contribution in [-0.4, -0.2) is 11.1 Å². The monoisotopic (exact) mass is 263 g/mol. The van der Waals surface area contributed by atoms with Gasteiger partial charge in [0.05, 0.1) is 23.0 Å². The minimum atomic E-state index is 0.175. The van der Waals surface area contributed by atoms with Gasteiger partial charge in [0.2, 0.25) is 0 Å². The first-order chi connectivity index (χ1) is 7.29. The molecular formula is C11H10BrN3. The number of rotatable bonds is 1. The molecule has 0 aromatic heterocycles. The fourth-order valence-electron chi connectivity index (χ4n) is 1.99. The molecule has 1 aromatic rings. The number of anilines is 2. The van der Waals surface area contributed by atoms with Gasteiger partial charge in [0.15, 0.2) is 5.08 Å². The van der Waals surface area contributed by atoms with Crippen LogP contribution in [0.25, 0.3) is 0 Å². The molecule has 1 aromatic carbocycles. The first kappa shape index (κ1) is 9.05. The molecular weight excluding hydrogens is 254 g/mol. The van der Waals surface area contributed by atoms with E-state index in [0.29, 0.717) is 6.04 Å². The number of nitriles is 1. The summed E-state index contributed by atoms with van der Waals surface area (Å²) in [5.74, 6) is 0. The molecule has 4 heteroatoms. The van der Waals surface area contributed by atoms with Gasteiger partial charge < -0.3 is 10.2 Å². The van der Waals surface area contributed by atoms with Crippen LogP contribution >= 0.6 is 15.9 Å². The zero-order chi connectivity index (χ0) is 10.4. The fourth-order valence-corrected chi connectivity index (χ4v) is 2.79. The molecule has 0 amide bonds. The molecule has 1 heterocycles. The predicted octanol–water partition coefficient (Wildman–Crippen LogP) is 2.63. The van der Waals surface area contributed by atoms with Crippen LogP contribution < -0.4 is 10.2 Å². The molecule has 1 aliphatic carbocycles. The van der Waals surface area contributed by atoms with Crippen molar-refractivity contribution in [3.8, 4) is 6.07 Å². The van der Waals surface area contributed by atoms with Gasteiger partial charge in [0, 0.05) is 6.04 Å². The van der Waals surface area contributed by atoms with Crippen molar-refractivity contribution in [3.05, 3.63) is 23.8 Å². The Labute approximate surface area is 96.8 Å². The van der Waals surface area contributed by atoms with Crippen LogP contribution in [0.15, 0.2) is 18.2 Å². The summed E-state index contributed by atoms with van der Waals surface area (Å²) in [5, 5.41) is 12.4. The van der Waals surface area contributed by atoms with Crippen molar-refractivity contribution in [3.63, 3.8) is 0 Å². The summed E-state index contributed by atoms with van der Waals surface area (Å²) < 4.78 is 0. The standard InChI is InChI=1S/C11H10BrN3/c12-11-14-9-4-1-7(6-13)5-10(9)15(11)8-2-3-8/h1,4-5,8,11,14H,2-3H2. The summed E-state index contributed by atoms with van der Waals surface area (Å²) in [7, 11) is 0. The molecule has 0 bridgehead atoms. The highest BCUT2D eigenvalue weighted by atomic mass is 79.9. The fraction of sp³-hybridized carbons (Fsp3) is 0.364. The van der Waals surface area contributed by atoms with E-state index in [4.69, 9.17) is 5.26 Å².